The zero-order valence-electron chi connectivity index (χ0n) is 13.7. The van der Waals surface area contributed by atoms with Crippen molar-refractivity contribution in [1.82, 2.24) is 9.80 Å². The Morgan fingerprint density at radius 3 is 2.62 bits per heavy atom. The maximum absolute atomic E-state index is 12.4. The molecule has 1 heterocycles. The minimum absolute atomic E-state index is 0.163. The van der Waals surface area contributed by atoms with Gasteiger partial charge in [-0.25, -0.2) is 4.79 Å². The van der Waals surface area contributed by atoms with E-state index in [0.717, 1.165) is 51.9 Å². The molecule has 1 N–H and O–H groups in total. The van der Waals surface area contributed by atoms with Crippen LogP contribution in [0.15, 0.2) is 0 Å². The van der Waals surface area contributed by atoms with Crippen molar-refractivity contribution in [2.24, 2.45) is 5.92 Å². The Bertz CT molecular complexity index is 348. The van der Waals surface area contributed by atoms with Crippen molar-refractivity contribution in [2.75, 3.05) is 32.8 Å². The van der Waals surface area contributed by atoms with E-state index in [1.807, 2.05) is 25.7 Å². The molecular formula is C16H30N2O3. The second-order valence-corrected chi connectivity index (χ2v) is 7.40. The van der Waals surface area contributed by atoms with E-state index in [1.54, 1.807) is 0 Å². The normalized spacial score (nSPS) is 23.9. The smallest absolute Gasteiger partial charge is 0.410 e. The van der Waals surface area contributed by atoms with E-state index < -0.39 is 5.60 Å². The number of aliphatic hydroxyl groups excluding tert-OH is 1. The van der Waals surface area contributed by atoms with Gasteiger partial charge in [0.15, 0.2) is 0 Å². The van der Waals surface area contributed by atoms with Crippen LogP contribution in [-0.4, -0.2) is 65.4 Å². The summed E-state index contributed by atoms with van der Waals surface area (Å²) >= 11 is 0. The molecule has 0 aromatic rings. The van der Waals surface area contributed by atoms with E-state index in [1.165, 1.54) is 0 Å². The van der Waals surface area contributed by atoms with Gasteiger partial charge in [0, 0.05) is 25.7 Å². The summed E-state index contributed by atoms with van der Waals surface area (Å²) in [6.45, 7) is 9.54. The molecule has 2 rings (SSSR count). The van der Waals surface area contributed by atoms with Gasteiger partial charge < -0.3 is 19.6 Å². The highest BCUT2D eigenvalue weighted by Crippen LogP contribution is 2.30. The second-order valence-electron chi connectivity index (χ2n) is 7.40. The van der Waals surface area contributed by atoms with E-state index in [2.05, 4.69) is 4.90 Å². The van der Waals surface area contributed by atoms with Crippen molar-refractivity contribution < 1.29 is 14.6 Å². The van der Waals surface area contributed by atoms with Crippen molar-refractivity contribution in [3.05, 3.63) is 0 Å². The fourth-order valence-corrected chi connectivity index (χ4v) is 3.00. The number of nitrogens with zero attached hydrogens (tertiary/aromatic N) is 2. The zero-order valence-corrected chi connectivity index (χ0v) is 13.7. The molecule has 2 aliphatic rings. The number of carbonyl (C=O) groups is 1. The first-order valence-corrected chi connectivity index (χ1v) is 8.22. The summed E-state index contributed by atoms with van der Waals surface area (Å²) in [5.41, 5.74) is -0.431. The van der Waals surface area contributed by atoms with Crippen molar-refractivity contribution in [1.29, 1.82) is 0 Å². The Labute approximate surface area is 128 Å². The molecule has 1 saturated heterocycles. The predicted molar refractivity (Wildman–Crippen MR) is 82.2 cm³/mol. The number of piperidine rings is 1. The Kier molecular flexibility index (Phi) is 5.49. The topological polar surface area (TPSA) is 53.0 Å². The summed E-state index contributed by atoms with van der Waals surface area (Å²) in [5.74, 6) is 0.499. The molecule has 5 heteroatoms. The number of rotatable bonds is 5. The molecule has 0 bridgehead atoms. The lowest BCUT2D eigenvalue weighted by Crippen LogP contribution is -2.45. The molecule has 1 aliphatic carbocycles. The van der Waals surface area contributed by atoms with E-state index in [4.69, 9.17) is 9.84 Å². The fraction of sp³-hybridized carbons (Fsp3) is 0.938. The lowest BCUT2D eigenvalue weighted by molar-refractivity contribution is 0.0164. The second kappa shape index (κ2) is 6.97. The number of hydrogen-bond donors (Lipinski definition) is 1. The van der Waals surface area contributed by atoms with E-state index in [9.17, 15) is 4.79 Å². The van der Waals surface area contributed by atoms with Crippen LogP contribution in [-0.2, 0) is 4.74 Å². The van der Waals surface area contributed by atoms with Crippen molar-refractivity contribution in [2.45, 2.75) is 58.1 Å². The van der Waals surface area contributed by atoms with Crippen LogP contribution in [0.4, 0.5) is 4.79 Å². The predicted octanol–water partition coefficient (Wildman–Crippen LogP) is 2.09. The molecule has 5 nitrogen and oxygen atoms in total. The monoisotopic (exact) mass is 298 g/mol. The van der Waals surface area contributed by atoms with Crippen LogP contribution in [0.5, 0.6) is 0 Å². The maximum atomic E-state index is 12.4. The highest BCUT2D eigenvalue weighted by atomic mass is 16.6. The first-order valence-electron chi connectivity index (χ1n) is 8.22. The highest BCUT2D eigenvalue weighted by Gasteiger charge is 2.37. The number of carbonyl (C=O) groups excluding carboxylic acids is 1. The Morgan fingerprint density at radius 1 is 1.33 bits per heavy atom. The van der Waals surface area contributed by atoms with Crippen LogP contribution in [0, 0.1) is 5.92 Å². The summed E-state index contributed by atoms with van der Waals surface area (Å²) in [4.78, 5) is 16.6. The number of ether oxygens (including phenoxy) is 1. The molecule has 21 heavy (non-hydrogen) atoms. The van der Waals surface area contributed by atoms with Crippen molar-refractivity contribution in [3.8, 4) is 0 Å². The largest absolute Gasteiger partial charge is 0.444 e. The molecule has 1 atom stereocenters. The minimum atomic E-state index is -0.431. The lowest BCUT2D eigenvalue weighted by atomic mass is 9.97. The third-order valence-corrected chi connectivity index (χ3v) is 4.09. The molecule has 0 spiro atoms. The average molecular weight is 298 g/mol. The molecule has 1 amide bonds. The number of amides is 1. The first kappa shape index (κ1) is 16.6. The van der Waals surface area contributed by atoms with E-state index >= 15 is 0 Å². The number of aliphatic hydroxyl groups is 1. The van der Waals surface area contributed by atoms with Gasteiger partial charge in [-0.2, -0.15) is 0 Å². The Hall–Kier alpha value is -0.810. The number of hydrogen-bond acceptors (Lipinski definition) is 4. The Balaban J connectivity index is 1.89. The summed E-state index contributed by atoms with van der Waals surface area (Å²) in [6, 6.07) is 0.382. The summed E-state index contributed by atoms with van der Waals surface area (Å²) in [5, 5.41) is 9.07. The average Bonchev–Trinajstić information content (AvgIpc) is 3.19. The third kappa shape index (κ3) is 5.47. The van der Waals surface area contributed by atoms with Crippen LogP contribution in [0.25, 0.3) is 0 Å². The van der Waals surface area contributed by atoms with Gasteiger partial charge in [-0.15, -0.1) is 0 Å². The molecule has 2 fully saturated rings. The lowest BCUT2D eigenvalue weighted by Gasteiger charge is -2.36. The van der Waals surface area contributed by atoms with Crippen LogP contribution in [0.2, 0.25) is 0 Å². The fourth-order valence-electron chi connectivity index (χ4n) is 3.00. The third-order valence-electron chi connectivity index (χ3n) is 4.09. The molecule has 122 valence electrons. The van der Waals surface area contributed by atoms with Crippen LogP contribution >= 0.6 is 0 Å². The van der Waals surface area contributed by atoms with Gasteiger partial charge in [-0.05, 0) is 58.9 Å². The van der Waals surface area contributed by atoms with Crippen LogP contribution in [0.3, 0.4) is 0 Å². The number of β-amino-alcohol motifs (C(OH)–C–C–N with tert-alkyl or cyclic N) is 1. The van der Waals surface area contributed by atoms with Crippen LogP contribution in [0.1, 0.15) is 46.5 Å². The van der Waals surface area contributed by atoms with Gasteiger partial charge in [0.1, 0.15) is 5.60 Å². The van der Waals surface area contributed by atoms with Crippen LogP contribution < -0.4 is 0 Å². The van der Waals surface area contributed by atoms with Gasteiger partial charge >= 0.3 is 6.09 Å². The quantitative estimate of drug-likeness (QED) is 0.844. The molecule has 1 saturated carbocycles. The van der Waals surface area contributed by atoms with Gasteiger partial charge in [0.25, 0.3) is 0 Å². The standard InChI is InChI=1S/C16H30N2O3/c1-16(2,3)21-15(20)18(14-6-7-14)12-13-5-4-8-17(11-13)9-10-19/h13-14,19H,4-12H2,1-3H3/t13-/m1/s1. The van der Waals surface area contributed by atoms with E-state index in [-0.39, 0.29) is 12.7 Å². The first-order chi connectivity index (χ1) is 9.89. The summed E-state index contributed by atoms with van der Waals surface area (Å²) in [6.07, 6.45) is 4.36. The van der Waals surface area contributed by atoms with Crippen molar-refractivity contribution >= 4 is 6.09 Å². The SMILES string of the molecule is CC(C)(C)OC(=O)N(C[C@@H]1CCCN(CCO)C1)C1CC1. The molecular weight excluding hydrogens is 268 g/mol. The molecule has 0 aromatic heterocycles. The number of likely N-dealkylation sites (tertiary alicyclic amines) is 1. The molecule has 0 unspecified atom stereocenters. The van der Waals surface area contributed by atoms with Gasteiger partial charge in [-0.1, -0.05) is 0 Å². The summed E-state index contributed by atoms with van der Waals surface area (Å²) < 4.78 is 5.55. The van der Waals surface area contributed by atoms with Gasteiger partial charge in [0.2, 0.25) is 0 Å². The summed E-state index contributed by atoms with van der Waals surface area (Å²) in [7, 11) is 0. The Morgan fingerprint density at radius 2 is 2.05 bits per heavy atom. The van der Waals surface area contributed by atoms with E-state index in [0.29, 0.717) is 12.0 Å². The molecule has 1 aliphatic heterocycles. The van der Waals surface area contributed by atoms with Gasteiger partial charge in [0.05, 0.1) is 6.61 Å². The zero-order chi connectivity index (χ0) is 15.5. The minimum Gasteiger partial charge on any atom is -0.444 e. The van der Waals surface area contributed by atoms with Gasteiger partial charge in [-0.3, -0.25) is 0 Å². The highest BCUT2D eigenvalue weighted by molar-refractivity contribution is 5.69. The van der Waals surface area contributed by atoms with Crippen molar-refractivity contribution in [3.63, 3.8) is 0 Å². The molecule has 0 aromatic carbocycles. The maximum Gasteiger partial charge on any atom is 0.410 e. The molecule has 0 radical (unpaired) electrons.